The maximum atomic E-state index is 11.6. The van der Waals surface area contributed by atoms with Crippen molar-refractivity contribution < 1.29 is 8.42 Å². The fraction of sp³-hybridized carbons (Fsp3) is 0.294. The fourth-order valence-corrected chi connectivity index (χ4v) is 3.41. The van der Waals surface area contributed by atoms with Gasteiger partial charge in [0.1, 0.15) is 0 Å². The summed E-state index contributed by atoms with van der Waals surface area (Å²) >= 11 is 3.66. The van der Waals surface area contributed by atoms with Crippen molar-refractivity contribution in [3.8, 4) is 0 Å². The Balaban J connectivity index is 2.33. The van der Waals surface area contributed by atoms with Crippen molar-refractivity contribution in [2.75, 3.05) is 6.26 Å². The summed E-state index contributed by atoms with van der Waals surface area (Å²) in [6, 6.07) is 15.5. The minimum Gasteiger partial charge on any atom is -0.224 e. The van der Waals surface area contributed by atoms with E-state index in [-0.39, 0.29) is 4.83 Å². The van der Waals surface area contributed by atoms with E-state index in [1.165, 1.54) is 11.8 Å². The lowest BCUT2D eigenvalue weighted by atomic mass is 9.99. The highest BCUT2D eigenvalue weighted by Gasteiger charge is 2.14. The average molecular weight is 367 g/mol. The SMILES string of the molecule is CC(C)c1ccc(C(Br)c2cccc(S(C)(=O)=O)c2)cc1. The second kappa shape index (κ2) is 6.32. The zero-order valence-corrected chi connectivity index (χ0v) is 14.8. The molecule has 0 saturated carbocycles. The molecule has 0 amide bonds. The van der Waals surface area contributed by atoms with Gasteiger partial charge in [0.25, 0.3) is 0 Å². The molecule has 2 nitrogen and oxygen atoms in total. The molecule has 0 radical (unpaired) electrons. The Morgan fingerprint density at radius 2 is 1.48 bits per heavy atom. The normalized spacial score (nSPS) is 13.4. The van der Waals surface area contributed by atoms with Gasteiger partial charge in [-0.1, -0.05) is 66.2 Å². The predicted molar refractivity (Wildman–Crippen MR) is 90.9 cm³/mol. The molecular weight excluding hydrogens is 348 g/mol. The predicted octanol–water partition coefficient (Wildman–Crippen LogP) is 4.70. The monoisotopic (exact) mass is 366 g/mol. The smallest absolute Gasteiger partial charge is 0.175 e. The van der Waals surface area contributed by atoms with Gasteiger partial charge >= 0.3 is 0 Å². The van der Waals surface area contributed by atoms with Crippen molar-refractivity contribution in [2.45, 2.75) is 29.5 Å². The Hall–Kier alpha value is -1.13. The van der Waals surface area contributed by atoms with E-state index in [2.05, 4.69) is 54.0 Å². The van der Waals surface area contributed by atoms with Gasteiger partial charge in [-0.05, 0) is 34.7 Å². The van der Waals surface area contributed by atoms with Gasteiger partial charge < -0.3 is 0 Å². The van der Waals surface area contributed by atoms with Crippen LogP contribution in [-0.4, -0.2) is 14.7 Å². The van der Waals surface area contributed by atoms with Gasteiger partial charge in [0, 0.05) is 6.26 Å². The third-order valence-electron chi connectivity index (χ3n) is 3.47. The molecule has 2 aromatic carbocycles. The second-order valence-corrected chi connectivity index (χ2v) is 8.46. The van der Waals surface area contributed by atoms with Crippen LogP contribution >= 0.6 is 15.9 Å². The minimum absolute atomic E-state index is 0.0135. The largest absolute Gasteiger partial charge is 0.224 e. The van der Waals surface area contributed by atoms with Gasteiger partial charge in [0.15, 0.2) is 9.84 Å². The first-order valence-corrected chi connectivity index (χ1v) is 9.63. The van der Waals surface area contributed by atoms with Gasteiger partial charge in [0.05, 0.1) is 9.72 Å². The van der Waals surface area contributed by atoms with E-state index >= 15 is 0 Å². The molecule has 0 aromatic heterocycles. The number of hydrogen-bond acceptors (Lipinski definition) is 2. The van der Waals surface area contributed by atoms with E-state index in [9.17, 15) is 8.42 Å². The fourth-order valence-electron chi connectivity index (χ4n) is 2.15. The zero-order chi connectivity index (χ0) is 15.6. The maximum Gasteiger partial charge on any atom is 0.175 e. The van der Waals surface area contributed by atoms with Crippen LogP contribution in [0.2, 0.25) is 0 Å². The zero-order valence-electron chi connectivity index (χ0n) is 12.4. The number of sulfone groups is 1. The maximum absolute atomic E-state index is 11.6. The number of rotatable bonds is 4. The van der Waals surface area contributed by atoms with Crippen molar-refractivity contribution in [2.24, 2.45) is 0 Å². The van der Waals surface area contributed by atoms with E-state index in [4.69, 9.17) is 0 Å². The summed E-state index contributed by atoms with van der Waals surface area (Å²) in [6.07, 6.45) is 1.23. The topological polar surface area (TPSA) is 34.1 Å². The van der Waals surface area contributed by atoms with Gasteiger partial charge in [-0.3, -0.25) is 0 Å². The first-order chi connectivity index (χ1) is 9.79. The molecule has 0 fully saturated rings. The number of hydrogen-bond donors (Lipinski definition) is 0. The molecule has 0 heterocycles. The van der Waals surface area contributed by atoms with E-state index < -0.39 is 9.84 Å². The third kappa shape index (κ3) is 3.95. The molecule has 0 saturated heterocycles. The Bertz CT molecular complexity index is 719. The van der Waals surface area contributed by atoms with Crippen LogP contribution in [0.15, 0.2) is 53.4 Å². The summed E-state index contributed by atoms with van der Waals surface area (Å²) in [5, 5.41) is 0. The summed E-state index contributed by atoms with van der Waals surface area (Å²) in [6.45, 7) is 4.33. The highest BCUT2D eigenvalue weighted by atomic mass is 79.9. The minimum atomic E-state index is -3.18. The molecule has 0 spiro atoms. The number of alkyl halides is 1. The lowest BCUT2D eigenvalue weighted by molar-refractivity contribution is 0.602. The van der Waals surface area contributed by atoms with Crippen LogP contribution in [0.1, 0.15) is 41.3 Å². The molecule has 0 aliphatic rings. The average Bonchev–Trinajstić information content (AvgIpc) is 2.46. The van der Waals surface area contributed by atoms with Crippen molar-refractivity contribution in [1.29, 1.82) is 0 Å². The third-order valence-corrected chi connectivity index (χ3v) is 5.64. The molecule has 0 bridgehead atoms. The summed E-state index contributed by atoms with van der Waals surface area (Å²) in [4.78, 5) is 0.337. The summed E-state index contributed by atoms with van der Waals surface area (Å²) in [5.74, 6) is 0.501. The van der Waals surface area contributed by atoms with Gasteiger partial charge in [0.2, 0.25) is 0 Å². The van der Waals surface area contributed by atoms with Gasteiger partial charge in [-0.25, -0.2) is 8.42 Å². The number of benzene rings is 2. The second-order valence-electron chi connectivity index (χ2n) is 5.53. The van der Waals surface area contributed by atoms with Crippen molar-refractivity contribution >= 4 is 25.8 Å². The van der Waals surface area contributed by atoms with Crippen LogP contribution in [0.4, 0.5) is 0 Å². The molecule has 2 rings (SSSR count). The molecule has 21 heavy (non-hydrogen) atoms. The van der Waals surface area contributed by atoms with Crippen LogP contribution in [0, 0.1) is 0 Å². The van der Waals surface area contributed by atoms with Crippen LogP contribution in [-0.2, 0) is 9.84 Å². The van der Waals surface area contributed by atoms with Crippen LogP contribution in [0.5, 0.6) is 0 Å². The molecule has 0 aliphatic heterocycles. The Morgan fingerprint density at radius 1 is 0.905 bits per heavy atom. The molecule has 0 aliphatic carbocycles. The molecule has 112 valence electrons. The molecule has 1 atom stereocenters. The van der Waals surface area contributed by atoms with E-state index in [0.717, 1.165) is 11.1 Å². The molecular formula is C17H19BrO2S. The molecule has 0 N–H and O–H groups in total. The molecule has 4 heteroatoms. The standard InChI is InChI=1S/C17H19BrO2S/c1-12(2)13-7-9-14(10-8-13)17(18)15-5-4-6-16(11-15)21(3,19)20/h4-12,17H,1-3H3. The molecule has 2 aromatic rings. The highest BCUT2D eigenvalue weighted by Crippen LogP contribution is 2.32. The lowest BCUT2D eigenvalue weighted by Gasteiger charge is -2.13. The van der Waals surface area contributed by atoms with Crippen molar-refractivity contribution in [3.05, 3.63) is 65.2 Å². The van der Waals surface area contributed by atoms with E-state index in [1.54, 1.807) is 18.2 Å². The lowest BCUT2D eigenvalue weighted by Crippen LogP contribution is -2.00. The molecule has 1 unspecified atom stereocenters. The van der Waals surface area contributed by atoms with Crippen molar-refractivity contribution in [3.63, 3.8) is 0 Å². The quantitative estimate of drug-likeness (QED) is 0.735. The van der Waals surface area contributed by atoms with Crippen LogP contribution < -0.4 is 0 Å². The van der Waals surface area contributed by atoms with Gasteiger partial charge in [-0.15, -0.1) is 0 Å². The number of halogens is 1. The van der Waals surface area contributed by atoms with E-state index in [1.807, 2.05) is 6.07 Å². The van der Waals surface area contributed by atoms with Crippen molar-refractivity contribution in [1.82, 2.24) is 0 Å². The Labute approximate surface area is 135 Å². The Morgan fingerprint density at radius 3 is 2.00 bits per heavy atom. The highest BCUT2D eigenvalue weighted by molar-refractivity contribution is 9.09. The van der Waals surface area contributed by atoms with Crippen LogP contribution in [0.3, 0.4) is 0 Å². The van der Waals surface area contributed by atoms with Crippen LogP contribution in [0.25, 0.3) is 0 Å². The van der Waals surface area contributed by atoms with Gasteiger partial charge in [-0.2, -0.15) is 0 Å². The summed E-state index contributed by atoms with van der Waals surface area (Å²) < 4.78 is 23.3. The first kappa shape index (κ1) is 16.2. The summed E-state index contributed by atoms with van der Waals surface area (Å²) in [7, 11) is -3.18. The first-order valence-electron chi connectivity index (χ1n) is 6.83. The summed E-state index contributed by atoms with van der Waals surface area (Å²) in [5.41, 5.74) is 3.35. The van der Waals surface area contributed by atoms with E-state index in [0.29, 0.717) is 10.8 Å². The Kier molecular flexibility index (Phi) is 4.89.